The Kier molecular flexibility index (Phi) is 7.20. The van der Waals surface area contributed by atoms with Gasteiger partial charge in [0.25, 0.3) is 5.56 Å². The van der Waals surface area contributed by atoms with Gasteiger partial charge in [0.15, 0.2) is 0 Å². The number of rotatable bonds is 7. The van der Waals surface area contributed by atoms with Crippen LogP contribution < -0.4 is 10.3 Å². The maximum absolute atomic E-state index is 12.8. The summed E-state index contributed by atoms with van der Waals surface area (Å²) in [6.45, 7) is 3.55. The van der Waals surface area contributed by atoms with E-state index in [1.54, 1.807) is 4.68 Å². The molecule has 4 rings (SSSR count). The molecule has 1 saturated heterocycles. The molecule has 1 aliphatic rings. The normalized spacial score (nSPS) is 15.3. The number of aromatic nitrogens is 2. The van der Waals surface area contributed by atoms with Gasteiger partial charge < -0.3 is 4.74 Å². The van der Waals surface area contributed by atoms with Crippen molar-refractivity contribution in [2.24, 2.45) is 13.0 Å². The van der Waals surface area contributed by atoms with Crippen molar-refractivity contribution in [3.8, 4) is 11.4 Å². The first-order chi connectivity index (χ1) is 15.0. The third kappa shape index (κ3) is 5.25. The number of ether oxygens (including phenoxy) is 1. The molecule has 7 heteroatoms. The SMILES string of the molecule is Cn1c(CN2CCC(CCOc3ccc(Cl)cc3)CC2)c(Br)c(=O)n1-c1ccccc1. The first-order valence-electron chi connectivity index (χ1n) is 10.7. The van der Waals surface area contributed by atoms with Gasteiger partial charge in [0, 0.05) is 18.6 Å². The molecule has 0 aliphatic carbocycles. The summed E-state index contributed by atoms with van der Waals surface area (Å²) in [7, 11) is 1.95. The molecule has 2 aromatic carbocycles. The second-order valence-electron chi connectivity index (χ2n) is 8.05. The zero-order valence-electron chi connectivity index (χ0n) is 17.6. The number of nitrogens with zero attached hydrogens (tertiary/aromatic N) is 3. The molecule has 3 aromatic rings. The molecule has 31 heavy (non-hydrogen) atoms. The predicted octanol–water partition coefficient (Wildman–Crippen LogP) is 5.27. The average Bonchev–Trinajstić information content (AvgIpc) is 3.00. The van der Waals surface area contributed by atoms with E-state index in [9.17, 15) is 4.79 Å². The van der Waals surface area contributed by atoms with Crippen LogP contribution in [0.2, 0.25) is 5.02 Å². The van der Waals surface area contributed by atoms with Crippen LogP contribution in [0, 0.1) is 5.92 Å². The summed E-state index contributed by atoms with van der Waals surface area (Å²) in [5.74, 6) is 1.54. The lowest BCUT2D eigenvalue weighted by atomic mass is 9.94. The highest BCUT2D eigenvalue weighted by molar-refractivity contribution is 9.10. The van der Waals surface area contributed by atoms with E-state index in [1.165, 1.54) is 0 Å². The van der Waals surface area contributed by atoms with Gasteiger partial charge in [-0.3, -0.25) is 14.4 Å². The highest BCUT2D eigenvalue weighted by Crippen LogP contribution is 2.25. The van der Waals surface area contributed by atoms with E-state index in [-0.39, 0.29) is 5.56 Å². The van der Waals surface area contributed by atoms with Crippen LogP contribution in [0.25, 0.3) is 5.69 Å². The lowest BCUT2D eigenvalue weighted by Gasteiger charge is -2.32. The molecule has 5 nitrogen and oxygen atoms in total. The Balaban J connectivity index is 1.31. The molecule has 0 atom stereocenters. The lowest BCUT2D eigenvalue weighted by molar-refractivity contribution is 0.154. The second-order valence-corrected chi connectivity index (χ2v) is 9.28. The smallest absolute Gasteiger partial charge is 0.286 e. The van der Waals surface area contributed by atoms with Crippen molar-refractivity contribution in [1.82, 2.24) is 14.3 Å². The first kappa shape index (κ1) is 22.2. The third-order valence-electron chi connectivity index (χ3n) is 6.01. The van der Waals surface area contributed by atoms with E-state index in [1.807, 2.05) is 66.3 Å². The van der Waals surface area contributed by atoms with Crippen LogP contribution in [0.5, 0.6) is 5.75 Å². The van der Waals surface area contributed by atoms with Crippen LogP contribution in [0.3, 0.4) is 0 Å². The van der Waals surface area contributed by atoms with E-state index in [4.69, 9.17) is 16.3 Å². The minimum Gasteiger partial charge on any atom is -0.494 e. The minimum atomic E-state index is -0.0158. The van der Waals surface area contributed by atoms with Crippen molar-refractivity contribution in [2.45, 2.75) is 25.8 Å². The molecule has 0 unspecified atom stereocenters. The predicted molar refractivity (Wildman–Crippen MR) is 128 cm³/mol. The number of hydrogen-bond donors (Lipinski definition) is 0. The van der Waals surface area contributed by atoms with Crippen molar-refractivity contribution in [3.63, 3.8) is 0 Å². The maximum atomic E-state index is 12.8. The van der Waals surface area contributed by atoms with Crippen molar-refractivity contribution >= 4 is 27.5 Å². The Morgan fingerprint density at radius 2 is 1.74 bits per heavy atom. The Morgan fingerprint density at radius 3 is 2.42 bits per heavy atom. The topological polar surface area (TPSA) is 39.4 Å². The lowest BCUT2D eigenvalue weighted by Crippen LogP contribution is -2.34. The summed E-state index contributed by atoms with van der Waals surface area (Å²) in [6.07, 6.45) is 3.35. The van der Waals surface area contributed by atoms with Gasteiger partial charge in [0.2, 0.25) is 0 Å². The van der Waals surface area contributed by atoms with Crippen LogP contribution in [0.15, 0.2) is 63.9 Å². The zero-order valence-corrected chi connectivity index (χ0v) is 20.0. The number of halogens is 2. The van der Waals surface area contributed by atoms with E-state index >= 15 is 0 Å². The largest absolute Gasteiger partial charge is 0.494 e. The summed E-state index contributed by atoms with van der Waals surface area (Å²) in [4.78, 5) is 15.2. The third-order valence-corrected chi connectivity index (χ3v) is 7.06. The fraction of sp³-hybridized carbons (Fsp3) is 0.375. The molecule has 1 fully saturated rings. The molecule has 0 saturated carbocycles. The van der Waals surface area contributed by atoms with Crippen LogP contribution in [0.4, 0.5) is 0 Å². The maximum Gasteiger partial charge on any atom is 0.286 e. The molecular weight excluding hydrogens is 478 g/mol. The highest BCUT2D eigenvalue weighted by atomic mass is 79.9. The van der Waals surface area contributed by atoms with Gasteiger partial charge in [-0.15, -0.1) is 0 Å². The molecule has 0 bridgehead atoms. The minimum absolute atomic E-state index is 0.0158. The fourth-order valence-corrected chi connectivity index (χ4v) is 4.84. The van der Waals surface area contributed by atoms with Gasteiger partial charge in [-0.2, -0.15) is 0 Å². The fourth-order valence-electron chi connectivity index (χ4n) is 4.17. The van der Waals surface area contributed by atoms with Gasteiger partial charge in [0.1, 0.15) is 10.2 Å². The number of likely N-dealkylation sites (tertiary alicyclic amines) is 1. The number of hydrogen-bond acceptors (Lipinski definition) is 3. The van der Waals surface area contributed by atoms with Gasteiger partial charge in [0.05, 0.1) is 18.0 Å². The summed E-state index contributed by atoms with van der Waals surface area (Å²) in [5.41, 5.74) is 1.87. The molecule has 0 N–H and O–H groups in total. The van der Waals surface area contributed by atoms with Crippen molar-refractivity contribution in [2.75, 3.05) is 19.7 Å². The molecule has 164 valence electrons. The zero-order chi connectivity index (χ0) is 21.8. The average molecular weight is 505 g/mol. The molecule has 0 spiro atoms. The molecule has 0 radical (unpaired) electrons. The number of piperidine rings is 1. The van der Waals surface area contributed by atoms with E-state index in [0.717, 1.165) is 67.7 Å². The van der Waals surface area contributed by atoms with Crippen LogP contribution in [0.1, 0.15) is 25.0 Å². The summed E-state index contributed by atoms with van der Waals surface area (Å²) < 4.78 is 10.2. The van der Waals surface area contributed by atoms with Crippen molar-refractivity contribution in [3.05, 3.63) is 80.1 Å². The number of benzene rings is 2. The molecule has 1 aliphatic heterocycles. The van der Waals surface area contributed by atoms with E-state index in [2.05, 4.69) is 20.8 Å². The second kappa shape index (κ2) is 10.1. The van der Waals surface area contributed by atoms with Crippen LogP contribution >= 0.6 is 27.5 Å². The Morgan fingerprint density at radius 1 is 1.06 bits per heavy atom. The Bertz CT molecular complexity index is 1050. The van der Waals surface area contributed by atoms with Gasteiger partial charge in [-0.05, 0) is 90.6 Å². The Labute approximate surface area is 196 Å². The summed E-state index contributed by atoms with van der Waals surface area (Å²) in [5, 5.41) is 0.725. The molecule has 1 aromatic heterocycles. The van der Waals surface area contributed by atoms with Gasteiger partial charge in [-0.1, -0.05) is 29.8 Å². The monoisotopic (exact) mass is 503 g/mol. The van der Waals surface area contributed by atoms with E-state index in [0.29, 0.717) is 10.4 Å². The van der Waals surface area contributed by atoms with Gasteiger partial charge >= 0.3 is 0 Å². The quantitative estimate of drug-likeness (QED) is 0.440. The summed E-state index contributed by atoms with van der Waals surface area (Å²) in [6, 6.07) is 17.3. The standard InChI is InChI=1S/C24H27BrClN3O2/c1-27-22(23(25)24(30)29(27)20-5-3-2-4-6-20)17-28-14-11-18(12-15-28)13-16-31-21-9-7-19(26)8-10-21/h2-10,18H,11-17H2,1H3. The van der Waals surface area contributed by atoms with Crippen LogP contribution in [-0.4, -0.2) is 34.0 Å². The first-order valence-corrected chi connectivity index (χ1v) is 11.8. The Hall–Kier alpha value is -2.02. The van der Waals surface area contributed by atoms with E-state index < -0.39 is 0 Å². The summed E-state index contributed by atoms with van der Waals surface area (Å²) >= 11 is 9.46. The van der Waals surface area contributed by atoms with Crippen molar-refractivity contribution in [1.29, 1.82) is 0 Å². The molecular formula is C24H27BrClN3O2. The number of para-hydroxylation sites is 1. The van der Waals surface area contributed by atoms with Crippen molar-refractivity contribution < 1.29 is 4.74 Å². The molecule has 0 amide bonds. The van der Waals surface area contributed by atoms with Crippen LogP contribution in [-0.2, 0) is 13.6 Å². The highest BCUT2D eigenvalue weighted by Gasteiger charge is 2.23. The molecule has 2 heterocycles. The van der Waals surface area contributed by atoms with Gasteiger partial charge in [-0.25, -0.2) is 4.68 Å².